The molecule has 5 nitrogen and oxygen atoms in total. The lowest BCUT2D eigenvalue weighted by atomic mass is 10.0. The Kier molecular flexibility index (Phi) is 6.99. The molecule has 0 bridgehead atoms. The first kappa shape index (κ1) is 17.6. The van der Waals surface area contributed by atoms with Crippen LogP contribution in [0.25, 0.3) is 0 Å². The van der Waals surface area contributed by atoms with Crippen LogP contribution in [-0.4, -0.2) is 45.5 Å². The number of guanidine groups is 1. The molecule has 1 atom stereocenters. The van der Waals surface area contributed by atoms with Crippen LogP contribution in [0.4, 0.5) is 0 Å². The molecule has 2 rings (SSSR count). The van der Waals surface area contributed by atoms with Gasteiger partial charge < -0.3 is 10.6 Å². The molecule has 0 amide bonds. The van der Waals surface area contributed by atoms with Gasteiger partial charge in [-0.25, -0.2) is 8.42 Å². The molecule has 0 aromatic heterocycles. The van der Waals surface area contributed by atoms with Crippen molar-refractivity contribution in [2.75, 3.05) is 31.1 Å². The van der Waals surface area contributed by atoms with Crippen LogP contribution in [0.3, 0.4) is 0 Å². The van der Waals surface area contributed by atoms with Crippen molar-refractivity contribution in [3.8, 4) is 0 Å². The van der Waals surface area contributed by atoms with Gasteiger partial charge in [0, 0.05) is 19.6 Å². The average Bonchev–Trinajstić information content (AvgIpc) is 3.10. The van der Waals surface area contributed by atoms with Crippen LogP contribution >= 0.6 is 0 Å². The van der Waals surface area contributed by atoms with E-state index in [1.807, 2.05) is 0 Å². The fraction of sp³-hybridized carbons (Fsp3) is 0.938. The van der Waals surface area contributed by atoms with Gasteiger partial charge in [0.25, 0.3) is 0 Å². The molecule has 1 saturated heterocycles. The number of hydrogen-bond acceptors (Lipinski definition) is 3. The molecule has 2 fully saturated rings. The standard InChI is InChI=1S/C16H31N3O2S/c1-2-17-16(18-10-5-8-14-6-3-4-7-14)19-12-15-9-11-22(20,21)13-15/h14-15H,2-13H2,1H3,(H2,17,18,19). The third kappa shape index (κ3) is 6.15. The highest BCUT2D eigenvalue weighted by Crippen LogP contribution is 2.28. The first-order chi connectivity index (χ1) is 10.6. The first-order valence-corrected chi connectivity index (χ1v) is 10.6. The topological polar surface area (TPSA) is 70.6 Å². The van der Waals surface area contributed by atoms with Crippen LogP contribution < -0.4 is 10.6 Å². The van der Waals surface area contributed by atoms with Gasteiger partial charge in [-0.1, -0.05) is 25.7 Å². The van der Waals surface area contributed by atoms with E-state index in [2.05, 4.69) is 22.5 Å². The van der Waals surface area contributed by atoms with E-state index in [1.54, 1.807) is 0 Å². The van der Waals surface area contributed by atoms with E-state index >= 15 is 0 Å². The Morgan fingerprint density at radius 1 is 1.14 bits per heavy atom. The molecule has 2 aliphatic rings. The molecular formula is C16H31N3O2S. The molecule has 0 radical (unpaired) electrons. The summed E-state index contributed by atoms with van der Waals surface area (Å²) in [6.45, 7) is 4.44. The van der Waals surface area contributed by atoms with Crippen molar-refractivity contribution in [2.45, 2.75) is 51.9 Å². The molecule has 6 heteroatoms. The fourth-order valence-corrected chi connectivity index (χ4v) is 5.32. The molecule has 1 unspecified atom stereocenters. The summed E-state index contributed by atoms with van der Waals surface area (Å²) in [5.74, 6) is 2.60. The maximum atomic E-state index is 11.5. The maximum Gasteiger partial charge on any atom is 0.191 e. The third-order valence-corrected chi connectivity index (χ3v) is 6.57. The van der Waals surface area contributed by atoms with Crippen LogP contribution in [-0.2, 0) is 9.84 Å². The van der Waals surface area contributed by atoms with Crippen molar-refractivity contribution in [3.63, 3.8) is 0 Å². The minimum absolute atomic E-state index is 0.193. The molecule has 1 heterocycles. The summed E-state index contributed by atoms with van der Waals surface area (Å²) in [6.07, 6.45) is 8.89. The monoisotopic (exact) mass is 329 g/mol. The minimum Gasteiger partial charge on any atom is -0.357 e. The van der Waals surface area contributed by atoms with Gasteiger partial charge in [-0.15, -0.1) is 0 Å². The molecule has 22 heavy (non-hydrogen) atoms. The Morgan fingerprint density at radius 3 is 2.55 bits per heavy atom. The van der Waals surface area contributed by atoms with Crippen molar-refractivity contribution in [1.29, 1.82) is 0 Å². The average molecular weight is 330 g/mol. The second-order valence-electron chi connectivity index (χ2n) is 6.71. The lowest BCUT2D eigenvalue weighted by Gasteiger charge is -2.13. The van der Waals surface area contributed by atoms with Crippen molar-refractivity contribution in [3.05, 3.63) is 0 Å². The Morgan fingerprint density at radius 2 is 1.91 bits per heavy atom. The normalized spacial score (nSPS) is 25.5. The fourth-order valence-electron chi connectivity index (χ4n) is 3.47. The van der Waals surface area contributed by atoms with Crippen LogP contribution in [0.5, 0.6) is 0 Å². The summed E-state index contributed by atoms with van der Waals surface area (Å²) >= 11 is 0. The second kappa shape index (κ2) is 8.75. The number of rotatable bonds is 7. The number of aliphatic imine (C=N–C) groups is 1. The van der Waals surface area contributed by atoms with E-state index < -0.39 is 9.84 Å². The second-order valence-corrected chi connectivity index (χ2v) is 8.94. The number of hydrogen-bond donors (Lipinski definition) is 2. The van der Waals surface area contributed by atoms with Gasteiger partial charge in [-0.3, -0.25) is 4.99 Å². The minimum atomic E-state index is -2.80. The van der Waals surface area contributed by atoms with Crippen molar-refractivity contribution in [2.24, 2.45) is 16.8 Å². The first-order valence-electron chi connectivity index (χ1n) is 8.81. The van der Waals surface area contributed by atoms with Crippen molar-refractivity contribution >= 4 is 15.8 Å². The highest BCUT2D eigenvalue weighted by atomic mass is 32.2. The summed E-state index contributed by atoms with van der Waals surface area (Å²) in [6, 6.07) is 0. The van der Waals surface area contributed by atoms with E-state index in [9.17, 15) is 8.42 Å². The predicted octanol–water partition coefficient (Wildman–Crippen LogP) is 1.95. The Labute approximate surface area is 135 Å². The zero-order valence-electron chi connectivity index (χ0n) is 13.8. The zero-order chi connectivity index (χ0) is 15.8. The molecule has 1 aliphatic heterocycles. The van der Waals surface area contributed by atoms with Crippen LogP contribution in [0.15, 0.2) is 4.99 Å². The van der Waals surface area contributed by atoms with Crippen molar-refractivity contribution in [1.82, 2.24) is 10.6 Å². The quantitative estimate of drug-likeness (QED) is 0.425. The maximum absolute atomic E-state index is 11.5. The molecule has 1 saturated carbocycles. The summed E-state index contributed by atoms with van der Waals surface area (Å²) in [7, 11) is -2.80. The number of nitrogens with one attached hydrogen (secondary N) is 2. The molecule has 2 N–H and O–H groups in total. The smallest absolute Gasteiger partial charge is 0.191 e. The molecule has 0 spiro atoms. The van der Waals surface area contributed by atoms with Crippen LogP contribution in [0.2, 0.25) is 0 Å². The van der Waals surface area contributed by atoms with Gasteiger partial charge >= 0.3 is 0 Å². The van der Waals surface area contributed by atoms with Crippen LogP contribution in [0, 0.1) is 11.8 Å². The van der Waals surface area contributed by atoms with Gasteiger partial charge in [0.1, 0.15) is 0 Å². The Bertz CT molecular complexity index is 456. The lowest BCUT2D eigenvalue weighted by molar-refractivity contribution is 0.481. The highest BCUT2D eigenvalue weighted by molar-refractivity contribution is 7.91. The molecule has 1 aliphatic carbocycles. The molecule has 0 aromatic rings. The molecular weight excluding hydrogens is 298 g/mol. The van der Waals surface area contributed by atoms with E-state index in [4.69, 9.17) is 0 Å². The van der Waals surface area contributed by atoms with Gasteiger partial charge in [0.2, 0.25) is 0 Å². The van der Waals surface area contributed by atoms with E-state index in [0.717, 1.165) is 31.4 Å². The number of sulfone groups is 1. The van der Waals surface area contributed by atoms with E-state index in [0.29, 0.717) is 18.1 Å². The van der Waals surface area contributed by atoms with Gasteiger partial charge in [-0.2, -0.15) is 0 Å². The van der Waals surface area contributed by atoms with Gasteiger partial charge in [0.15, 0.2) is 15.8 Å². The van der Waals surface area contributed by atoms with E-state index in [-0.39, 0.29) is 5.92 Å². The SMILES string of the molecule is CCNC(=NCC1CCS(=O)(=O)C1)NCCCC1CCCC1. The Hall–Kier alpha value is -0.780. The third-order valence-electron chi connectivity index (χ3n) is 4.73. The van der Waals surface area contributed by atoms with Crippen molar-refractivity contribution < 1.29 is 8.42 Å². The Balaban J connectivity index is 1.68. The van der Waals surface area contributed by atoms with E-state index in [1.165, 1.54) is 38.5 Å². The summed E-state index contributed by atoms with van der Waals surface area (Å²) < 4.78 is 22.9. The number of nitrogens with zero attached hydrogens (tertiary/aromatic N) is 1. The summed E-state index contributed by atoms with van der Waals surface area (Å²) in [5, 5.41) is 6.62. The largest absolute Gasteiger partial charge is 0.357 e. The highest BCUT2D eigenvalue weighted by Gasteiger charge is 2.27. The zero-order valence-corrected chi connectivity index (χ0v) is 14.6. The molecule has 0 aromatic carbocycles. The predicted molar refractivity (Wildman–Crippen MR) is 91.9 cm³/mol. The van der Waals surface area contributed by atoms with Gasteiger partial charge in [0.05, 0.1) is 11.5 Å². The van der Waals surface area contributed by atoms with Crippen LogP contribution in [0.1, 0.15) is 51.9 Å². The van der Waals surface area contributed by atoms with Gasteiger partial charge in [-0.05, 0) is 38.0 Å². The molecule has 128 valence electrons. The summed E-state index contributed by atoms with van der Waals surface area (Å²) in [4.78, 5) is 4.56. The lowest BCUT2D eigenvalue weighted by Crippen LogP contribution is -2.38. The summed E-state index contributed by atoms with van der Waals surface area (Å²) in [5.41, 5.74) is 0.